The van der Waals surface area contributed by atoms with Crippen molar-refractivity contribution in [1.29, 1.82) is 0 Å². The van der Waals surface area contributed by atoms with Crippen molar-refractivity contribution in [3.8, 4) is 0 Å². The van der Waals surface area contributed by atoms with E-state index in [1.807, 2.05) is 0 Å². The number of methoxy groups -OCH3 is 1. The molecule has 2 aliphatic rings. The average Bonchev–Trinajstić information content (AvgIpc) is 3.15. The Morgan fingerprint density at radius 1 is 1.36 bits per heavy atom. The van der Waals surface area contributed by atoms with E-state index in [9.17, 15) is 18.4 Å². The highest BCUT2D eigenvalue weighted by Crippen LogP contribution is 2.32. The highest BCUT2D eigenvalue weighted by Gasteiger charge is 2.35. The Hall–Kier alpha value is -2.69. The molecule has 2 heterocycles. The van der Waals surface area contributed by atoms with Crippen LogP contribution in [0.3, 0.4) is 0 Å². The molecule has 0 saturated carbocycles. The van der Waals surface area contributed by atoms with Crippen LogP contribution in [0.2, 0.25) is 0 Å². The maximum absolute atomic E-state index is 14.6. The number of anilines is 2. The first-order valence-electron chi connectivity index (χ1n) is 8.46. The summed E-state index contributed by atoms with van der Waals surface area (Å²) in [5.41, 5.74) is -0.252. The van der Waals surface area contributed by atoms with Gasteiger partial charge in [0.1, 0.15) is 11.8 Å². The number of carbonyl (C=O) groups excluding carboxylic acids is 2. The van der Waals surface area contributed by atoms with Crippen LogP contribution in [0.5, 0.6) is 0 Å². The zero-order chi connectivity index (χ0) is 20.6. The Labute approximate surface area is 166 Å². The van der Waals surface area contributed by atoms with Crippen molar-refractivity contribution in [2.24, 2.45) is 0 Å². The van der Waals surface area contributed by atoms with Gasteiger partial charge in [0, 0.05) is 26.2 Å². The highest BCUT2D eigenvalue weighted by molar-refractivity contribution is 7.80. The summed E-state index contributed by atoms with van der Waals surface area (Å²) in [6.45, 7) is 0.369. The molecule has 28 heavy (non-hydrogen) atoms. The van der Waals surface area contributed by atoms with Crippen LogP contribution >= 0.6 is 12.2 Å². The van der Waals surface area contributed by atoms with E-state index in [-0.39, 0.29) is 48.8 Å². The molecule has 152 valence electrons. The summed E-state index contributed by atoms with van der Waals surface area (Å²) in [5, 5.41) is 0.237. The second-order valence-electron chi connectivity index (χ2n) is 6.66. The van der Waals surface area contributed by atoms with Gasteiger partial charge in [-0.05, 0) is 12.2 Å². The van der Waals surface area contributed by atoms with Gasteiger partial charge in [-0.3, -0.25) is 9.69 Å². The SMILES string of the molecule is COC(=S)N(C)C[C@H]1CN(c2cc(F)c(N3CC(=O)N(C)C3)c(F)c2)C(=O)O1. The van der Waals surface area contributed by atoms with Gasteiger partial charge >= 0.3 is 6.09 Å². The Morgan fingerprint density at radius 3 is 2.54 bits per heavy atom. The van der Waals surface area contributed by atoms with Crippen LogP contribution in [-0.2, 0) is 14.3 Å². The fourth-order valence-corrected chi connectivity index (χ4v) is 3.27. The fourth-order valence-electron chi connectivity index (χ4n) is 3.19. The van der Waals surface area contributed by atoms with Crippen molar-refractivity contribution in [2.45, 2.75) is 6.10 Å². The van der Waals surface area contributed by atoms with E-state index in [0.29, 0.717) is 0 Å². The van der Waals surface area contributed by atoms with Crippen LogP contribution in [0.1, 0.15) is 0 Å². The van der Waals surface area contributed by atoms with E-state index in [4.69, 9.17) is 21.7 Å². The monoisotopic (exact) mass is 414 g/mol. The quantitative estimate of drug-likeness (QED) is 0.690. The summed E-state index contributed by atoms with van der Waals surface area (Å²) in [7, 11) is 4.68. The third-order valence-electron chi connectivity index (χ3n) is 4.60. The van der Waals surface area contributed by atoms with Crippen molar-refractivity contribution in [1.82, 2.24) is 9.80 Å². The summed E-state index contributed by atoms with van der Waals surface area (Å²) in [6, 6.07) is 2.13. The molecule has 0 aromatic heterocycles. The number of nitrogens with zero attached hydrogens (tertiary/aromatic N) is 4. The van der Waals surface area contributed by atoms with Crippen LogP contribution < -0.4 is 9.80 Å². The van der Waals surface area contributed by atoms with Crippen LogP contribution in [0.15, 0.2) is 12.1 Å². The molecule has 2 aliphatic heterocycles. The molecule has 0 spiro atoms. The minimum Gasteiger partial charge on any atom is -0.474 e. The Balaban J connectivity index is 1.76. The zero-order valence-corrected chi connectivity index (χ0v) is 16.5. The van der Waals surface area contributed by atoms with Gasteiger partial charge in [-0.25, -0.2) is 13.6 Å². The molecule has 2 amide bonds. The zero-order valence-electron chi connectivity index (χ0n) is 15.6. The second-order valence-corrected chi connectivity index (χ2v) is 7.01. The molecule has 0 radical (unpaired) electrons. The number of cyclic esters (lactones) is 1. The first-order chi connectivity index (χ1) is 13.2. The average molecular weight is 414 g/mol. The molecular weight excluding hydrogens is 394 g/mol. The first-order valence-corrected chi connectivity index (χ1v) is 8.87. The molecule has 0 aliphatic carbocycles. The number of thiocarbonyl (C=S) groups is 1. The third-order valence-corrected chi connectivity index (χ3v) is 5.08. The molecule has 2 saturated heterocycles. The molecule has 1 aromatic rings. The van der Waals surface area contributed by atoms with Crippen molar-refractivity contribution < 1.29 is 27.8 Å². The number of hydrogen-bond donors (Lipinski definition) is 0. The summed E-state index contributed by atoms with van der Waals surface area (Å²) in [6.07, 6.45) is -1.24. The fraction of sp³-hybridized carbons (Fsp3) is 0.471. The van der Waals surface area contributed by atoms with Gasteiger partial charge in [0.05, 0.1) is 39.1 Å². The van der Waals surface area contributed by atoms with Crippen LogP contribution in [-0.4, -0.2) is 80.6 Å². The van der Waals surface area contributed by atoms with Gasteiger partial charge in [0.2, 0.25) is 5.91 Å². The maximum atomic E-state index is 14.6. The van der Waals surface area contributed by atoms with E-state index in [1.54, 1.807) is 19.0 Å². The van der Waals surface area contributed by atoms with Gasteiger partial charge < -0.3 is 24.2 Å². The molecular formula is C17H20F2N4O4S. The standard InChI is InChI=1S/C17H20F2N4O4S/c1-20(17(28)26-3)6-11-7-23(16(25)27-11)10-4-12(18)15(13(19)5-10)22-8-14(24)21(2)9-22/h4-5,11H,6-9H2,1-3H3/t11-/m0/s1. The number of amides is 2. The lowest BCUT2D eigenvalue weighted by atomic mass is 10.2. The number of hydrogen-bond acceptors (Lipinski definition) is 6. The molecule has 8 nitrogen and oxygen atoms in total. The third kappa shape index (κ3) is 3.79. The summed E-state index contributed by atoms with van der Waals surface area (Å²) in [5.74, 6) is -1.94. The van der Waals surface area contributed by atoms with Crippen molar-refractivity contribution in [3.05, 3.63) is 23.8 Å². The lowest BCUT2D eigenvalue weighted by Gasteiger charge is -2.22. The highest BCUT2D eigenvalue weighted by atomic mass is 32.1. The molecule has 1 atom stereocenters. The van der Waals surface area contributed by atoms with Crippen LogP contribution in [0, 0.1) is 11.6 Å². The summed E-state index contributed by atoms with van der Waals surface area (Å²) >= 11 is 5.00. The molecule has 0 N–H and O–H groups in total. The Bertz CT molecular complexity index is 801. The normalized spacial score (nSPS) is 19.3. The van der Waals surface area contributed by atoms with Gasteiger partial charge in [-0.2, -0.15) is 0 Å². The Kier molecular flexibility index (Phi) is 5.54. The van der Waals surface area contributed by atoms with E-state index in [2.05, 4.69) is 0 Å². The second kappa shape index (κ2) is 7.74. The van der Waals surface area contributed by atoms with E-state index >= 15 is 0 Å². The maximum Gasteiger partial charge on any atom is 0.414 e. The van der Waals surface area contributed by atoms with Crippen molar-refractivity contribution >= 4 is 40.8 Å². The molecule has 0 unspecified atom stereocenters. The van der Waals surface area contributed by atoms with Gasteiger partial charge in [-0.1, -0.05) is 0 Å². The number of rotatable bonds is 4. The number of halogens is 2. The lowest BCUT2D eigenvalue weighted by molar-refractivity contribution is -0.125. The molecule has 11 heteroatoms. The minimum atomic E-state index is -0.855. The summed E-state index contributed by atoms with van der Waals surface area (Å²) < 4.78 is 39.4. The molecule has 3 rings (SSSR count). The number of carbonyl (C=O) groups is 2. The number of benzene rings is 1. The number of ether oxygens (including phenoxy) is 2. The smallest absolute Gasteiger partial charge is 0.414 e. The largest absolute Gasteiger partial charge is 0.474 e. The molecule has 2 fully saturated rings. The van der Waals surface area contributed by atoms with Crippen molar-refractivity contribution in [3.63, 3.8) is 0 Å². The van der Waals surface area contributed by atoms with E-state index in [1.165, 1.54) is 16.9 Å². The number of likely N-dealkylation sites (N-methyl/N-ethyl adjacent to an activating group) is 2. The van der Waals surface area contributed by atoms with E-state index in [0.717, 1.165) is 17.0 Å². The predicted octanol–water partition coefficient (Wildman–Crippen LogP) is 1.39. The van der Waals surface area contributed by atoms with E-state index < -0.39 is 23.8 Å². The van der Waals surface area contributed by atoms with Crippen LogP contribution in [0.4, 0.5) is 25.0 Å². The summed E-state index contributed by atoms with van der Waals surface area (Å²) in [4.78, 5) is 29.2. The van der Waals surface area contributed by atoms with Gasteiger partial charge in [0.25, 0.3) is 5.17 Å². The molecule has 1 aromatic carbocycles. The topological polar surface area (TPSA) is 65.6 Å². The van der Waals surface area contributed by atoms with Crippen LogP contribution in [0.25, 0.3) is 0 Å². The van der Waals surface area contributed by atoms with Gasteiger partial charge in [-0.15, -0.1) is 0 Å². The van der Waals surface area contributed by atoms with Crippen molar-refractivity contribution in [2.75, 3.05) is 57.3 Å². The Morgan fingerprint density at radius 2 is 2.00 bits per heavy atom. The minimum absolute atomic E-state index is 0.0436. The first kappa shape index (κ1) is 20.1. The molecule has 0 bridgehead atoms. The lowest BCUT2D eigenvalue weighted by Crippen LogP contribution is -2.36. The predicted molar refractivity (Wildman–Crippen MR) is 101 cm³/mol. The van der Waals surface area contributed by atoms with Gasteiger partial charge in [0.15, 0.2) is 11.6 Å².